The van der Waals surface area contributed by atoms with Gasteiger partial charge in [-0.25, -0.2) is 0 Å². The van der Waals surface area contributed by atoms with Crippen LogP contribution < -0.4 is 0 Å². The Morgan fingerprint density at radius 2 is 1.89 bits per heavy atom. The number of pyridine rings is 1. The number of aryl methyl sites for hydroxylation is 1. The van der Waals surface area contributed by atoms with E-state index in [1.165, 1.54) is 16.7 Å². The van der Waals surface area contributed by atoms with Gasteiger partial charge in [0.2, 0.25) is 0 Å². The normalized spacial score (nSPS) is 10.5. The van der Waals surface area contributed by atoms with E-state index in [0.717, 1.165) is 11.3 Å². The van der Waals surface area contributed by atoms with Crippen molar-refractivity contribution in [3.05, 3.63) is 60.6 Å². The fourth-order valence-corrected chi connectivity index (χ4v) is 2.04. The molecule has 0 unspecified atom stereocenters. The molecule has 3 nitrogen and oxygen atoms in total. The number of rotatable bonds is 2. The summed E-state index contributed by atoms with van der Waals surface area (Å²) in [4.78, 5) is 4.19. The Balaban J connectivity index is 2.10. The summed E-state index contributed by atoms with van der Waals surface area (Å²) in [6, 6.07) is 12.4. The van der Waals surface area contributed by atoms with Gasteiger partial charge in [0.25, 0.3) is 0 Å². The Kier molecular flexibility index (Phi) is 2.65. The Morgan fingerprint density at radius 1 is 1.00 bits per heavy atom. The zero-order chi connectivity index (χ0) is 12.4. The fourth-order valence-electron chi connectivity index (χ4n) is 2.04. The molecule has 0 aliphatic carbocycles. The summed E-state index contributed by atoms with van der Waals surface area (Å²) in [6.45, 7) is 2.10. The number of hydrogen-bond donors (Lipinski definition) is 1. The predicted octanol–water partition coefficient (Wildman–Crippen LogP) is 3.45. The molecule has 0 aliphatic rings. The number of aromatic amines is 1. The van der Waals surface area contributed by atoms with Crippen LogP contribution in [-0.2, 0) is 0 Å². The van der Waals surface area contributed by atoms with Crippen molar-refractivity contribution in [2.45, 2.75) is 6.92 Å². The third-order valence-electron chi connectivity index (χ3n) is 3.02. The molecular formula is C15H13N3. The third kappa shape index (κ3) is 1.91. The van der Waals surface area contributed by atoms with Crippen molar-refractivity contribution in [1.82, 2.24) is 15.2 Å². The van der Waals surface area contributed by atoms with Gasteiger partial charge in [0.1, 0.15) is 0 Å². The van der Waals surface area contributed by atoms with Gasteiger partial charge in [-0.3, -0.25) is 10.1 Å². The molecular weight excluding hydrogens is 222 g/mol. The lowest BCUT2D eigenvalue weighted by atomic mass is 10.00. The lowest BCUT2D eigenvalue weighted by Gasteiger charge is -2.06. The molecule has 2 aromatic heterocycles. The quantitative estimate of drug-likeness (QED) is 0.739. The summed E-state index contributed by atoms with van der Waals surface area (Å²) in [6.07, 6.45) is 5.48. The molecule has 18 heavy (non-hydrogen) atoms. The molecule has 2 heterocycles. The first-order chi connectivity index (χ1) is 8.84. The SMILES string of the molecule is Cc1ccncc1-c1cccc(-c2ccn[nH]2)c1. The van der Waals surface area contributed by atoms with Crippen molar-refractivity contribution in [2.24, 2.45) is 0 Å². The van der Waals surface area contributed by atoms with E-state index in [4.69, 9.17) is 0 Å². The van der Waals surface area contributed by atoms with Gasteiger partial charge in [0.05, 0.1) is 5.69 Å². The summed E-state index contributed by atoms with van der Waals surface area (Å²) in [7, 11) is 0. The molecule has 3 heteroatoms. The Bertz CT molecular complexity index is 657. The van der Waals surface area contributed by atoms with Gasteiger partial charge in [-0.1, -0.05) is 18.2 Å². The van der Waals surface area contributed by atoms with Gasteiger partial charge in [0, 0.05) is 29.7 Å². The minimum atomic E-state index is 1.03. The van der Waals surface area contributed by atoms with Crippen molar-refractivity contribution in [1.29, 1.82) is 0 Å². The van der Waals surface area contributed by atoms with Crippen molar-refractivity contribution < 1.29 is 0 Å². The maximum Gasteiger partial charge on any atom is 0.0650 e. The topological polar surface area (TPSA) is 41.6 Å². The Hall–Kier alpha value is -2.42. The zero-order valence-electron chi connectivity index (χ0n) is 10.1. The largest absolute Gasteiger partial charge is 0.278 e. The predicted molar refractivity (Wildman–Crippen MR) is 72.0 cm³/mol. The number of H-pyrrole nitrogens is 1. The molecule has 3 rings (SSSR count). The van der Waals surface area contributed by atoms with Gasteiger partial charge in [-0.2, -0.15) is 5.10 Å². The van der Waals surface area contributed by atoms with Gasteiger partial charge in [-0.05, 0) is 36.2 Å². The molecule has 0 saturated heterocycles. The van der Waals surface area contributed by atoms with Crippen LogP contribution in [0.15, 0.2) is 55.0 Å². The Labute approximate surface area is 106 Å². The third-order valence-corrected chi connectivity index (χ3v) is 3.02. The Morgan fingerprint density at radius 3 is 2.67 bits per heavy atom. The molecule has 88 valence electrons. The summed E-state index contributed by atoms with van der Waals surface area (Å²) in [5.74, 6) is 0. The highest BCUT2D eigenvalue weighted by Crippen LogP contribution is 2.26. The number of hydrogen-bond acceptors (Lipinski definition) is 2. The first-order valence-corrected chi connectivity index (χ1v) is 5.85. The lowest BCUT2D eigenvalue weighted by Crippen LogP contribution is -1.86. The number of benzene rings is 1. The summed E-state index contributed by atoms with van der Waals surface area (Å²) in [5.41, 5.74) is 5.73. The van der Waals surface area contributed by atoms with E-state index in [1.54, 1.807) is 6.20 Å². The average molecular weight is 235 g/mol. The fraction of sp³-hybridized carbons (Fsp3) is 0.0667. The van der Waals surface area contributed by atoms with Gasteiger partial charge in [0.15, 0.2) is 0 Å². The van der Waals surface area contributed by atoms with Crippen molar-refractivity contribution in [3.63, 3.8) is 0 Å². The highest BCUT2D eigenvalue weighted by molar-refractivity contribution is 5.72. The van der Waals surface area contributed by atoms with Crippen LogP contribution in [0.25, 0.3) is 22.4 Å². The minimum absolute atomic E-state index is 1.03. The summed E-state index contributed by atoms with van der Waals surface area (Å²) < 4.78 is 0. The molecule has 0 amide bonds. The highest BCUT2D eigenvalue weighted by atomic mass is 15.1. The molecule has 0 radical (unpaired) electrons. The van der Waals surface area contributed by atoms with Crippen LogP contribution in [-0.4, -0.2) is 15.2 Å². The first-order valence-electron chi connectivity index (χ1n) is 5.85. The van der Waals surface area contributed by atoms with E-state index in [0.29, 0.717) is 0 Å². The van der Waals surface area contributed by atoms with Crippen LogP contribution in [0.5, 0.6) is 0 Å². The van der Waals surface area contributed by atoms with Gasteiger partial charge < -0.3 is 0 Å². The maximum atomic E-state index is 4.19. The molecule has 1 aromatic carbocycles. The van der Waals surface area contributed by atoms with Crippen LogP contribution >= 0.6 is 0 Å². The number of nitrogens with one attached hydrogen (secondary N) is 1. The van der Waals surface area contributed by atoms with E-state index in [9.17, 15) is 0 Å². The maximum absolute atomic E-state index is 4.19. The smallest absolute Gasteiger partial charge is 0.0650 e. The first kappa shape index (κ1) is 10.7. The molecule has 0 atom stereocenters. The van der Waals surface area contributed by atoms with Gasteiger partial charge in [-0.15, -0.1) is 0 Å². The van der Waals surface area contributed by atoms with Gasteiger partial charge >= 0.3 is 0 Å². The second kappa shape index (κ2) is 4.45. The van der Waals surface area contributed by atoms with Crippen molar-refractivity contribution >= 4 is 0 Å². The van der Waals surface area contributed by atoms with Crippen LogP contribution in [0.3, 0.4) is 0 Å². The molecule has 0 saturated carbocycles. The standard InChI is InChI=1S/C15H13N3/c1-11-5-7-16-10-14(11)12-3-2-4-13(9-12)15-6-8-17-18-15/h2-10H,1H3,(H,17,18). The molecule has 0 aliphatic heterocycles. The minimum Gasteiger partial charge on any atom is -0.278 e. The number of aromatic nitrogens is 3. The van der Waals surface area contributed by atoms with Crippen molar-refractivity contribution in [3.8, 4) is 22.4 Å². The lowest BCUT2D eigenvalue weighted by molar-refractivity contribution is 1.10. The molecule has 0 bridgehead atoms. The van der Waals surface area contributed by atoms with E-state index >= 15 is 0 Å². The van der Waals surface area contributed by atoms with E-state index in [-0.39, 0.29) is 0 Å². The molecule has 0 spiro atoms. The summed E-state index contributed by atoms with van der Waals surface area (Å²) in [5, 5.41) is 6.96. The molecule has 0 fully saturated rings. The van der Waals surface area contributed by atoms with Crippen molar-refractivity contribution in [2.75, 3.05) is 0 Å². The molecule has 1 N–H and O–H groups in total. The van der Waals surface area contributed by atoms with E-state index in [1.807, 2.05) is 24.5 Å². The molecule has 3 aromatic rings. The van der Waals surface area contributed by atoms with E-state index in [2.05, 4.69) is 46.4 Å². The monoisotopic (exact) mass is 235 g/mol. The van der Waals surface area contributed by atoms with Crippen LogP contribution in [0.2, 0.25) is 0 Å². The van der Waals surface area contributed by atoms with Crippen LogP contribution in [0.4, 0.5) is 0 Å². The van der Waals surface area contributed by atoms with Crippen LogP contribution in [0.1, 0.15) is 5.56 Å². The second-order valence-electron chi connectivity index (χ2n) is 4.24. The average Bonchev–Trinajstić information content (AvgIpc) is 2.93. The highest BCUT2D eigenvalue weighted by Gasteiger charge is 2.04. The zero-order valence-corrected chi connectivity index (χ0v) is 10.1. The number of nitrogens with zero attached hydrogens (tertiary/aromatic N) is 2. The second-order valence-corrected chi connectivity index (χ2v) is 4.24. The summed E-state index contributed by atoms with van der Waals surface area (Å²) >= 11 is 0. The van der Waals surface area contributed by atoms with E-state index < -0.39 is 0 Å². The van der Waals surface area contributed by atoms with Crippen LogP contribution in [0, 0.1) is 6.92 Å².